The summed E-state index contributed by atoms with van der Waals surface area (Å²) in [5.41, 5.74) is 0. The van der Waals surface area contributed by atoms with E-state index in [0.29, 0.717) is 30.5 Å². The first kappa shape index (κ1) is 16.8. The van der Waals surface area contributed by atoms with Gasteiger partial charge < -0.3 is 10.2 Å². The maximum absolute atomic E-state index is 12.4. The Morgan fingerprint density at radius 2 is 2.00 bits per heavy atom. The summed E-state index contributed by atoms with van der Waals surface area (Å²) >= 11 is 0. The Hall–Kier alpha value is -0.610. The summed E-state index contributed by atoms with van der Waals surface area (Å²) < 4.78 is 0. The Labute approximate surface area is 130 Å². The van der Waals surface area contributed by atoms with Crippen molar-refractivity contribution in [2.24, 2.45) is 5.92 Å². The summed E-state index contributed by atoms with van der Waals surface area (Å²) in [6.07, 6.45) is 6.00. The van der Waals surface area contributed by atoms with Crippen LogP contribution >= 0.6 is 0 Å². The van der Waals surface area contributed by atoms with Crippen molar-refractivity contribution < 1.29 is 4.79 Å². The Kier molecular flexibility index (Phi) is 6.49. The first-order valence-electron chi connectivity index (χ1n) is 8.94. The van der Waals surface area contributed by atoms with Crippen LogP contribution < -0.4 is 5.32 Å². The molecule has 122 valence electrons. The normalized spacial score (nSPS) is 26.8. The van der Waals surface area contributed by atoms with Gasteiger partial charge in [0.15, 0.2) is 0 Å². The summed E-state index contributed by atoms with van der Waals surface area (Å²) in [6.45, 7) is 11.4. The van der Waals surface area contributed by atoms with Crippen LogP contribution in [-0.4, -0.2) is 60.5 Å². The van der Waals surface area contributed by atoms with E-state index in [1.165, 1.54) is 32.1 Å². The van der Waals surface area contributed by atoms with Gasteiger partial charge >= 0.3 is 0 Å². The first-order chi connectivity index (χ1) is 10.2. The van der Waals surface area contributed by atoms with Gasteiger partial charge in [0, 0.05) is 31.7 Å². The third kappa shape index (κ3) is 4.68. The molecule has 1 saturated carbocycles. The molecule has 0 bridgehead atoms. The summed E-state index contributed by atoms with van der Waals surface area (Å²) in [7, 11) is 0. The van der Waals surface area contributed by atoms with Gasteiger partial charge in [-0.3, -0.25) is 9.69 Å². The molecule has 4 heteroatoms. The second-order valence-corrected chi connectivity index (χ2v) is 6.66. The molecule has 21 heavy (non-hydrogen) atoms. The van der Waals surface area contributed by atoms with E-state index in [4.69, 9.17) is 0 Å². The Balaban J connectivity index is 1.81. The van der Waals surface area contributed by atoms with E-state index in [9.17, 15) is 4.79 Å². The molecule has 0 aromatic rings. The number of piperidine rings is 1. The minimum absolute atomic E-state index is 0.342. The van der Waals surface area contributed by atoms with Gasteiger partial charge in [-0.25, -0.2) is 0 Å². The second kappa shape index (κ2) is 8.14. The third-order valence-electron chi connectivity index (χ3n) is 5.01. The van der Waals surface area contributed by atoms with E-state index < -0.39 is 0 Å². The Morgan fingerprint density at radius 1 is 1.24 bits per heavy atom. The fraction of sp³-hybridized carbons (Fsp3) is 0.941. The molecule has 0 aromatic carbocycles. The molecule has 0 spiro atoms. The van der Waals surface area contributed by atoms with Gasteiger partial charge in [0.2, 0.25) is 5.91 Å². The number of nitrogens with zero attached hydrogens (tertiary/aromatic N) is 2. The average molecular weight is 295 g/mol. The van der Waals surface area contributed by atoms with Gasteiger partial charge in [-0.15, -0.1) is 0 Å². The predicted octanol–water partition coefficient (Wildman–Crippen LogP) is 2.10. The molecular weight excluding hydrogens is 262 g/mol. The van der Waals surface area contributed by atoms with Crippen molar-refractivity contribution in [2.75, 3.05) is 32.7 Å². The van der Waals surface area contributed by atoms with Crippen LogP contribution in [0.15, 0.2) is 0 Å². The van der Waals surface area contributed by atoms with Crippen LogP contribution in [0.1, 0.15) is 52.9 Å². The van der Waals surface area contributed by atoms with E-state index >= 15 is 0 Å². The fourth-order valence-corrected chi connectivity index (χ4v) is 3.57. The van der Waals surface area contributed by atoms with E-state index in [2.05, 4.69) is 35.9 Å². The molecule has 2 rings (SSSR count). The zero-order chi connectivity index (χ0) is 15.2. The minimum atomic E-state index is 0.342. The number of nitrogens with one attached hydrogen (secondary N) is 1. The highest BCUT2D eigenvalue weighted by molar-refractivity contribution is 5.78. The van der Waals surface area contributed by atoms with Crippen LogP contribution in [0.2, 0.25) is 0 Å². The number of amides is 1. The van der Waals surface area contributed by atoms with E-state index in [-0.39, 0.29) is 0 Å². The lowest BCUT2D eigenvalue weighted by Gasteiger charge is -2.39. The quantitative estimate of drug-likeness (QED) is 0.745. The van der Waals surface area contributed by atoms with Gasteiger partial charge in [0.1, 0.15) is 0 Å². The lowest BCUT2D eigenvalue weighted by atomic mass is 9.90. The van der Waals surface area contributed by atoms with E-state index in [1.54, 1.807) is 0 Å². The molecule has 2 fully saturated rings. The van der Waals surface area contributed by atoms with Gasteiger partial charge in [0.25, 0.3) is 0 Å². The monoisotopic (exact) mass is 295 g/mol. The van der Waals surface area contributed by atoms with Gasteiger partial charge in [-0.05, 0) is 45.1 Å². The molecule has 0 aromatic heterocycles. The molecule has 1 heterocycles. The highest BCUT2D eigenvalue weighted by atomic mass is 16.2. The number of hydrogen-bond donors (Lipinski definition) is 1. The predicted molar refractivity (Wildman–Crippen MR) is 87.3 cm³/mol. The zero-order valence-electron chi connectivity index (χ0n) is 14.1. The Bertz CT molecular complexity index is 330. The summed E-state index contributed by atoms with van der Waals surface area (Å²) in [6, 6.07) is 1.19. The summed E-state index contributed by atoms with van der Waals surface area (Å²) in [5.74, 6) is 1.03. The van der Waals surface area contributed by atoms with Crippen molar-refractivity contribution in [3.8, 4) is 0 Å². The molecule has 1 aliphatic heterocycles. The van der Waals surface area contributed by atoms with Crippen molar-refractivity contribution >= 4 is 5.91 Å². The van der Waals surface area contributed by atoms with Crippen LogP contribution in [0, 0.1) is 5.92 Å². The van der Waals surface area contributed by atoms with Crippen LogP contribution in [-0.2, 0) is 4.79 Å². The molecule has 2 aliphatic rings. The first-order valence-corrected chi connectivity index (χ1v) is 8.94. The number of rotatable bonds is 8. The van der Waals surface area contributed by atoms with Crippen LogP contribution in [0.5, 0.6) is 0 Å². The fourth-order valence-electron chi connectivity index (χ4n) is 3.57. The highest BCUT2D eigenvalue weighted by Gasteiger charge is 2.33. The number of carbonyl (C=O) groups is 1. The lowest BCUT2D eigenvalue weighted by Crippen LogP contribution is -2.52. The molecular formula is C17H33N3O. The minimum Gasteiger partial charge on any atom is -0.339 e. The highest BCUT2D eigenvalue weighted by Crippen LogP contribution is 2.27. The molecule has 4 nitrogen and oxygen atoms in total. The molecule has 1 N–H and O–H groups in total. The smallest absolute Gasteiger partial charge is 0.236 e. The molecule has 0 radical (unpaired) electrons. The number of likely N-dealkylation sites (N-methyl/N-ethyl adjacent to an activating group) is 1. The van der Waals surface area contributed by atoms with Gasteiger partial charge in [-0.2, -0.15) is 0 Å². The van der Waals surface area contributed by atoms with E-state index in [0.717, 1.165) is 26.2 Å². The van der Waals surface area contributed by atoms with E-state index in [1.807, 2.05) is 0 Å². The molecule has 2 unspecified atom stereocenters. The molecule has 1 aliphatic carbocycles. The van der Waals surface area contributed by atoms with Gasteiger partial charge in [0.05, 0.1) is 6.54 Å². The number of likely N-dealkylation sites (tertiary alicyclic amines) is 1. The average Bonchev–Trinajstić information content (AvgIpc) is 3.31. The van der Waals surface area contributed by atoms with Crippen LogP contribution in [0.25, 0.3) is 0 Å². The van der Waals surface area contributed by atoms with Crippen molar-refractivity contribution in [3.63, 3.8) is 0 Å². The number of hydrogen-bond acceptors (Lipinski definition) is 3. The largest absolute Gasteiger partial charge is 0.339 e. The topological polar surface area (TPSA) is 35.6 Å². The molecule has 1 saturated heterocycles. The Morgan fingerprint density at radius 3 is 2.57 bits per heavy atom. The van der Waals surface area contributed by atoms with Crippen molar-refractivity contribution in [1.82, 2.24) is 15.1 Å². The second-order valence-electron chi connectivity index (χ2n) is 6.66. The maximum Gasteiger partial charge on any atom is 0.236 e. The lowest BCUT2D eigenvalue weighted by molar-refractivity contribution is -0.133. The van der Waals surface area contributed by atoms with Gasteiger partial charge in [-0.1, -0.05) is 20.3 Å². The van der Waals surface area contributed by atoms with Crippen molar-refractivity contribution in [1.29, 1.82) is 0 Å². The SMILES string of the molecule is CCCNC1CCN(CC(=O)N(CC)C2CC2)CC1CC. The molecule has 1 amide bonds. The number of carbonyl (C=O) groups excluding carboxylic acids is 1. The van der Waals surface area contributed by atoms with Crippen molar-refractivity contribution in [2.45, 2.75) is 65.0 Å². The van der Waals surface area contributed by atoms with Crippen LogP contribution in [0.3, 0.4) is 0 Å². The zero-order valence-corrected chi connectivity index (χ0v) is 14.1. The van der Waals surface area contributed by atoms with Crippen LogP contribution in [0.4, 0.5) is 0 Å². The summed E-state index contributed by atoms with van der Waals surface area (Å²) in [4.78, 5) is 16.9. The molecule has 2 atom stereocenters. The third-order valence-corrected chi connectivity index (χ3v) is 5.01. The summed E-state index contributed by atoms with van der Waals surface area (Å²) in [5, 5.41) is 3.69. The maximum atomic E-state index is 12.4. The van der Waals surface area contributed by atoms with Crippen molar-refractivity contribution in [3.05, 3.63) is 0 Å². The standard InChI is InChI=1S/C17H33N3O/c1-4-10-18-16-9-11-19(12-14(16)5-2)13-17(21)20(6-3)15-7-8-15/h14-16,18H,4-13H2,1-3H3.